The van der Waals surface area contributed by atoms with Crippen molar-refractivity contribution in [2.24, 2.45) is 0 Å². The van der Waals surface area contributed by atoms with Crippen LogP contribution in [-0.4, -0.2) is 109 Å². The monoisotopic (exact) mass is 500 g/mol. The van der Waals surface area contributed by atoms with Crippen molar-refractivity contribution in [2.75, 3.05) is 26.2 Å². The Balaban J connectivity index is 1.28. The van der Waals surface area contributed by atoms with Crippen molar-refractivity contribution in [1.82, 2.24) is 19.6 Å². The maximum atomic E-state index is 13.4. The van der Waals surface area contributed by atoms with Crippen molar-refractivity contribution in [3.63, 3.8) is 0 Å². The van der Waals surface area contributed by atoms with Crippen LogP contribution < -0.4 is 27.3 Å². The summed E-state index contributed by atoms with van der Waals surface area (Å²) in [5.74, 6) is -0.0688. The molecule has 0 saturated carbocycles. The molecule has 2 saturated heterocycles. The Morgan fingerprint density at radius 2 is 1.45 bits per heavy atom. The van der Waals surface area contributed by atoms with Crippen molar-refractivity contribution in [3.8, 4) is 0 Å². The van der Waals surface area contributed by atoms with Gasteiger partial charge in [-0.2, -0.15) is 5.10 Å². The van der Waals surface area contributed by atoms with E-state index < -0.39 is 0 Å². The number of carbonyl (C=O) groups is 2. The quantitative estimate of drug-likeness (QED) is 0.421. The smallest absolute Gasteiger partial charge is 0.274 e. The molecule has 10 radical (unpaired) electrons. The molecule has 5 rings (SSSR count). The predicted octanol–water partition coefficient (Wildman–Crippen LogP) is -3.00. The average molecular weight is 500 g/mol. The number of nitrogens with zero attached hydrogens (tertiary/aromatic N) is 4. The Kier molecular flexibility index (Phi) is 7.65. The van der Waals surface area contributed by atoms with Gasteiger partial charge in [-0.05, 0) is 51.9 Å². The lowest BCUT2D eigenvalue weighted by Crippen LogP contribution is -2.57. The molecule has 2 amide bonds. The lowest BCUT2D eigenvalue weighted by molar-refractivity contribution is -0.133. The molecule has 12 heteroatoms. The highest BCUT2D eigenvalue weighted by atomic mass is 16.5. The number of likely N-dealkylation sites (tertiary alicyclic amines) is 1. The van der Waals surface area contributed by atoms with Crippen molar-refractivity contribution in [1.29, 1.82) is 0 Å². The van der Waals surface area contributed by atoms with E-state index in [-0.39, 0.29) is 52.9 Å². The molecule has 0 N–H and O–H groups in total. The molecule has 38 heavy (non-hydrogen) atoms. The SMILES string of the molecule is [B]c1c([B])c([B])c(C2CCN(C(=O)Cn3nc(C(=O)N4C[C@@H](C)O[C@@H](C)C4)c4c3CCC4)CC2)c([B])c1[B]. The van der Waals surface area contributed by atoms with Crippen LogP contribution in [0.25, 0.3) is 0 Å². The van der Waals surface area contributed by atoms with Crippen LogP contribution in [0.15, 0.2) is 0 Å². The summed E-state index contributed by atoms with van der Waals surface area (Å²) in [5.41, 5.74) is 4.64. The summed E-state index contributed by atoms with van der Waals surface area (Å²) in [6.07, 6.45) is 3.90. The Morgan fingerprint density at radius 3 is 2.05 bits per heavy atom. The zero-order valence-electron chi connectivity index (χ0n) is 22.2. The average Bonchev–Trinajstić information content (AvgIpc) is 3.50. The van der Waals surface area contributed by atoms with Crippen LogP contribution in [0.3, 0.4) is 0 Å². The van der Waals surface area contributed by atoms with Crippen molar-refractivity contribution in [3.05, 3.63) is 22.5 Å². The number of hydrogen-bond acceptors (Lipinski definition) is 4. The number of rotatable bonds is 4. The van der Waals surface area contributed by atoms with E-state index in [1.54, 1.807) is 4.68 Å². The Labute approximate surface area is 231 Å². The fourth-order valence-corrected chi connectivity index (χ4v) is 6.26. The molecule has 2 aliphatic heterocycles. The first-order valence-corrected chi connectivity index (χ1v) is 13.4. The summed E-state index contributed by atoms with van der Waals surface area (Å²) in [7, 11) is 30.6. The molecule has 2 atom stereocenters. The van der Waals surface area contributed by atoms with E-state index in [2.05, 4.69) is 5.10 Å². The second-order valence-corrected chi connectivity index (χ2v) is 10.9. The predicted molar refractivity (Wildman–Crippen MR) is 152 cm³/mol. The van der Waals surface area contributed by atoms with Gasteiger partial charge in [0, 0.05) is 37.4 Å². The molecular formula is C26H29B5N4O3. The maximum absolute atomic E-state index is 13.4. The van der Waals surface area contributed by atoms with Gasteiger partial charge in [0.1, 0.15) is 45.8 Å². The minimum Gasteiger partial charge on any atom is -0.372 e. The number of piperidine rings is 1. The summed E-state index contributed by atoms with van der Waals surface area (Å²) in [6, 6.07) is 0. The number of fused-ring (bicyclic) bond motifs is 1. The second-order valence-electron chi connectivity index (χ2n) is 10.9. The number of amides is 2. The van der Waals surface area contributed by atoms with Gasteiger partial charge < -0.3 is 14.5 Å². The van der Waals surface area contributed by atoms with Crippen LogP contribution in [-0.2, 0) is 28.9 Å². The van der Waals surface area contributed by atoms with Gasteiger partial charge in [-0.25, -0.2) is 0 Å². The minimum absolute atomic E-state index is 0.0193. The van der Waals surface area contributed by atoms with Crippen LogP contribution in [0.1, 0.15) is 66.3 Å². The van der Waals surface area contributed by atoms with Gasteiger partial charge >= 0.3 is 0 Å². The number of carbonyl (C=O) groups excluding carboxylic acids is 2. The number of hydrogen-bond donors (Lipinski definition) is 0. The topological polar surface area (TPSA) is 67.7 Å². The highest BCUT2D eigenvalue weighted by Crippen LogP contribution is 2.29. The van der Waals surface area contributed by atoms with E-state index >= 15 is 0 Å². The minimum atomic E-state index is -0.0746. The fourth-order valence-electron chi connectivity index (χ4n) is 6.26. The van der Waals surface area contributed by atoms with E-state index in [4.69, 9.17) is 44.0 Å². The van der Waals surface area contributed by atoms with Gasteiger partial charge in [0.05, 0.1) is 12.2 Å². The van der Waals surface area contributed by atoms with Gasteiger partial charge in [0.15, 0.2) is 5.69 Å². The molecule has 7 nitrogen and oxygen atoms in total. The van der Waals surface area contributed by atoms with Crippen molar-refractivity contribution < 1.29 is 14.3 Å². The number of benzene rings is 1. The molecule has 0 unspecified atom stereocenters. The van der Waals surface area contributed by atoms with Gasteiger partial charge in [0.25, 0.3) is 5.91 Å². The Bertz CT molecular complexity index is 1240. The lowest BCUT2D eigenvalue weighted by atomic mass is 9.58. The van der Waals surface area contributed by atoms with E-state index in [0.717, 1.165) is 36.1 Å². The molecule has 2 fully saturated rings. The molecular weight excluding hydrogens is 470 g/mol. The van der Waals surface area contributed by atoms with Crippen molar-refractivity contribution >= 4 is 78.4 Å². The van der Waals surface area contributed by atoms with Crippen LogP contribution >= 0.6 is 0 Å². The molecule has 186 valence electrons. The van der Waals surface area contributed by atoms with Crippen LogP contribution in [0, 0.1) is 0 Å². The summed E-state index contributed by atoms with van der Waals surface area (Å²) in [5, 5.41) is 4.67. The molecule has 1 aromatic carbocycles. The van der Waals surface area contributed by atoms with Crippen molar-refractivity contribution in [2.45, 2.75) is 70.6 Å². The number of aromatic nitrogens is 2. The van der Waals surface area contributed by atoms with E-state index in [1.165, 1.54) is 0 Å². The molecule has 1 aromatic heterocycles. The second kappa shape index (κ2) is 10.7. The van der Waals surface area contributed by atoms with Gasteiger partial charge in [-0.3, -0.25) is 14.3 Å². The summed E-state index contributed by atoms with van der Waals surface area (Å²) in [4.78, 5) is 30.4. The van der Waals surface area contributed by atoms with Crippen LogP contribution in [0.4, 0.5) is 0 Å². The third-order valence-corrected chi connectivity index (χ3v) is 8.20. The zero-order valence-corrected chi connectivity index (χ0v) is 22.2. The Hall–Kier alpha value is -2.35. The van der Waals surface area contributed by atoms with Crippen LogP contribution in [0.2, 0.25) is 0 Å². The summed E-state index contributed by atoms with van der Waals surface area (Å²) < 4.78 is 7.53. The van der Waals surface area contributed by atoms with E-state index in [1.807, 2.05) is 23.6 Å². The molecule has 2 aromatic rings. The summed E-state index contributed by atoms with van der Waals surface area (Å²) >= 11 is 0. The lowest BCUT2D eigenvalue weighted by Gasteiger charge is -2.35. The van der Waals surface area contributed by atoms with Gasteiger partial charge in [0.2, 0.25) is 5.91 Å². The van der Waals surface area contributed by atoms with Gasteiger partial charge in [-0.1, -0.05) is 5.56 Å². The third-order valence-electron chi connectivity index (χ3n) is 8.20. The van der Waals surface area contributed by atoms with E-state index in [9.17, 15) is 9.59 Å². The first kappa shape index (κ1) is 27.2. The molecule has 3 heterocycles. The standard InChI is InChI=1S/C26H29B5N4O3/c1-13-10-34(11-14(2)38-13)26(37)25-16-4-3-5-17(16)35(32-25)12-18(36)33-8-6-15(7-9-33)19-20(27)22(29)24(31)23(30)21(19)28/h13-15H,3-12H2,1-2H3/t13-,14+. The zero-order chi connectivity index (χ0) is 27.3. The molecule has 0 bridgehead atoms. The summed E-state index contributed by atoms with van der Waals surface area (Å²) in [6.45, 7) is 6.23. The molecule has 3 aliphatic rings. The maximum Gasteiger partial charge on any atom is 0.274 e. The Morgan fingerprint density at radius 1 is 0.868 bits per heavy atom. The third kappa shape index (κ3) is 4.89. The largest absolute Gasteiger partial charge is 0.372 e. The number of morpholine rings is 1. The highest BCUT2D eigenvalue weighted by molar-refractivity contribution is 6.67. The van der Waals surface area contributed by atoms with Crippen LogP contribution in [0.5, 0.6) is 0 Å². The molecule has 0 spiro atoms. The van der Waals surface area contributed by atoms with E-state index in [0.29, 0.717) is 55.6 Å². The highest BCUT2D eigenvalue weighted by Gasteiger charge is 2.34. The fraction of sp³-hybridized carbons (Fsp3) is 0.577. The molecule has 1 aliphatic carbocycles. The number of ether oxygens (including phenoxy) is 1. The first-order chi connectivity index (χ1) is 18.1. The normalized spacial score (nSPS) is 22.1. The van der Waals surface area contributed by atoms with Gasteiger partial charge in [-0.15, -0.1) is 27.3 Å². The first-order valence-electron chi connectivity index (χ1n) is 13.4.